The van der Waals surface area contributed by atoms with Gasteiger partial charge in [0.15, 0.2) is 0 Å². The number of rotatable bonds is 56. The van der Waals surface area contributed by atoms with Crippen LogP contribution >= 0.6 is 0 Å². The van der Waals surface area contributed by atoms with Crippen LogP contribution in [0.2, 0.25) is 0 Å². The minimum Gasteiger partial charge on any atom is -0.394 e. The van der Waals surface area contributed by atoms with Gasteiger partial charge in [-0.2, -0.15) is 0 Å². The summed E-state index contributed by atoms with van der Waals surface area (Å²) in [5.74, 6) is -0.0815. The molecule has 0 aliphatic heterocycles. The normalized spacial score (nSPS) is 13.7. The lowest BCUT2D eigenvalue weighted by atomic mass is 10.0. The fourth-order valence-corrected chi connectivity index (χ4v) is 8.87. The third-order valence-electron chi connectivity index (χ3n) is 13.6. The second kappa shape index (κ2) is 63.8. The molecule has 0 radical (unpaired) electrons. The molecule has 0 saturated carbocycles. The van der Waals surface area contributed by atoms with Crippen molar-refractivity contribution in [3.63, 3.8) is 0 Å². The summed E-state index contributed by atoms with van der Waals surface area (Å²) in [5, 5.41) is 23.2. The van der Waals surface area contributed by atoms with E-state index >= 15 is 0 Å². The van der Waals surface area contributed by atoms with Gasteiger partial charge in [-0.25, -0.2) is 0 Å². The Morgan fingerprint density at radius 3 is 0.946 bits per heavy atom. The Bertz CT molecular complexity index is 1490. The highest BCUT2D eigenvalue weighted by molar-refractivity contribution is 5.76. The number of unbranched alkanes of at least 4 members (excludes halogenated alkanes) is 29. The topological polar surface area (TPSA) is 69.6 Å². The molecule has 2 atom stereocenters. The van der Waals surface area contributed by atoms with Crippen molar-refractivity contribution in [2.75, 3.05) is 6.61 Å². The third-order valence-corrected chi connectivity index (χ3v) is 13.6. The van der Waals surface area contributed by atoms with Crippen molar-refractivity contribution in [2.45, 2.75) is 296 Å². The molecule has 0 saturated heterocycles. The van der Waals surface area contributed by atoms with E-state index < -0.39 is 12.1 Å². The van der Waals surface area contributed by atoms with Gasteiger partial charge in [-0.1, -0.05) is 302 Å². The maximum atomic E-state index is 12.5. The van der Waals surface area contributed by atoms with Gasteiger partial charge in [-0.3, -0.25) is 4.79 Å². The number of aliphatic hydroxyl groups is 2. The molecule has 0 aliphatic carbocycles. The molecule has 422 valence electrons. The van der Waals surface area contributed by atoms with Crippen molar-refractivity contribution in [1.82, 2.24) is 5.32 Å². The van der Waals surface area contributed by atoms with Crippen molar-refractivity contribution in [3.8, 4) is 0 Å². The predicted octanol–water partition coefficient (Wildman–Crippen LogP) is 21.4. The largest absolute Gasteiger partial charge is 0.394 e. The van der Waals surface area contributed by atoms with Crippen LogP contribution in [0.25, 0.3) is 0 Å². The molecule has 4 heteroatoms. The van der Waals surface area contributed by atoms with Crippen molar-refractivity contribution >= 4 is 5.91 Å². The van der Waals surface area contributed by atoms with Gasteiger partial charge in [-0.15, -0.1) is 0 Å². The van der Waals surface area contributed by atoms with E-state index in [0.29, 0.717) is 6.42 Å². The van der Waals surface area contributed by atoms with Gasteiger partial charge in [0.05, 0.1) is 18.8 Å². The second-order valence-electron chi connectivity index (χ2n) is 20.7. The summed E-state index contributed by atoms with van der Waals surface area (Å²) in [7, 11) is 0. The SMILES string of the molecule is CC/C=C\C/C=C\C/C=C\C/C=C\C/C=C\C/C=C\C/C=C\C/C=C\CCCCCCCCCCCCCCCCC(=O)NC(CO)C(O)/C=C/CC/C=C/CC/C=C/CCCCCCCCCCCCCCC. The number of nitrogens with one attached hydrogen (secondary N) is 1. The highest BCUT2D eigenvalue weighted by Gasteiger charge is 2.18. The fraction of sp³-hybridized carbons (Fsp3) is 0.671. The lowest BCUT2D eigenvalue weighted by Gasteiger charge is -2.19. The average molecular weight is 1020 g/mol. The van der Waals surface area contributed by atoms with Crippen molar-refractivity contribution < 1.29 is 15.0 Å². The highest BCUT2D eigenvalue weighted by Crippen LogP contribution is 2.16. The molecule has 0 heterocycles. The van der Waals surface area contributed by atoms with E-state index in [2.05, 4.69) is 141 Å². The van der Waals surface area contributed by atoms with Gasteiger partial charge in [0.25, 0.3) is 0 Å². The Kier molecular flexibility index (Phi) is 60.8. The molecule has 0 aliphatic rings. The molecule has 2 unspecified atom stereocenters. The van der Waals surface area contributed by atoms with Gasteiger partial charge < -0.3 is 15.5 Å². The van der Waals surface area contributed by atoms with Crippen LogP contribution in [-0.2, 0) is 4.79 Å². The molecule has 0 aromatic rings. The minimum absolute atomic E-state index is 0.0815. The first kappa shape index (κ1) is 70.5. The lowest BCUT2D eigenvalue weighted by molar-refractivity contribution is -0.123. The molecule has 3 N–H and O–H groups in total. The number of allylic oxidation sites excluding steroid dienone is 21. The van der Waals surface area contributed by atoms with Crippen molar-refractivity contribution in [1.29, 1.82) is 0 Å². The van der Waals surface area contributed by atoms with E-state index in [-0.39, 0.29) is 12.5 Å². The first-order chi connectivity index (χ1) is 36.7. The Balaban J connectivity index is 3.59. The quantitative estimate of drug-likeness (QED) is 0.0420. The van der Waals surface area contributed by atoms with E-state index in [1.807, 2.05) is 6.08 Å². The molecule has 0 aromatic carbocycles. The summed E-state index contributed by atoms with van der Waals surface area (Å²) in [6.07, 6.45) is 99.2. The van der Waals surface area contributed by atoms with E-state index in [9.17, 15) is 15.0 Å². The van der Waals surface area contributed by atoms with Crippen molar-refractivity contribution in [3.05, 3.63) is 134 Å². The molecule has 0 bridgehead atoms. The average Bonchev–Trinajstić information content (AvgIpc) is 3.40. The molecule has 0 fully saturated rings. The van der Waals surface area contributed by atoms with E-state index in [4.69, 9.17) is 0 Å². The summed E-state index contributed by atoms with van der Waals surface area (Å²) in [6, 6.07) is -0.655. The second-order valence-corrected chi connectivity index (χ2v) is 20.7. The molecule has 0 aromatic heterocycles. The molecule has 74 heavy (non-hydrogen) atoms. The number of carbonyl (C=O) groups is 1. The zero-order chi connectivity index (χ0) is 53.4. The highest BCUT2D eigenvalue weighted by atomic mass is 16.3. The maximum absolute atomic E-state index is 12.5. The zero-order valence-corrected chi connectivity index (χ0v) is 48.6. The number of aliphatic hydroxyl groups excluding tert-OH is 2. The zero-order valence-electron chi connectivity index (χ0n) is 48.6. The smallest absolute Gasteiger partial charge is 0.220 e. The first-order valence-electron chi connectivity index (χ1n) is 31.4. The van der Waals surface area contributed by atoms with E-state index in [1.165, 1.54) is 173 Å². The molecule has 0 spiro atoms. The summed E-state index contributed by atoms with van der Waals surface area (Å²) < 4.78 is 0. The molecule has 1 amide bonds. The van der Waals surface area contributed by atoms with Crippen LogP contribution in [0.5, 0.6) is 0 Å². The summed E-state index contributed by atoms with van der Waals surface area (Å²) in [5.41, 5.74) is 0. The van der Waals surface area contributed by atoms with Crippen LogP contribution in [0.3, 0.4) is 0 Å². The van der Waals surface area contributed by atoms with E-state index in [0.717, 1.165) is 89.9 Å². The Hall–Kier alpha value is -3.47. The third kappa shape index (κ3) is 59.4. The van der Waals surface area contributed by atoms with Crippen LogP contribution in [0.1, 0.15) is 284 Å². The fourth-order valence-electron chi connectivity index (χ4n) is 8.87. The van der Waals surface area contributed by atoms with Crippen LogP contribution < -0.4 is 5.32 Å². The summed E-state index contributed by atoms with van der Waals surface area (Å²) in [4.78, 5) is 12.5. The minimum atomic E-state index is -0.879. The Labute approximate surface area is 460 Å². The van der Waals surface area contributed by atoms with Gasteiger partial charge in [0, 0.05) is 6.42 Å². The molecular weight excluding hydrogens is 903 g/mol. The van der Waals surface area contributed by atoms with Gasteiger partial charge >= 0.3 is 0 Å². The van der Waals surface area contributed by atoms with Gasteiger partial charge in [0.1, 0.15) is 0 Å². The van der Waals surface area contributed by atoms with Crippen LogP contribution in [0.15, 0.2) is 134 Å². The number of amides is 1. The van der Waals surface area contributed by atoms with Crippen LogP contribution in [-0.4, -0.2) is 34.9 Å². The van der Waals surface area contributed by atoms with Crippen LogP contribution in [0, 0.1) is 0 Å². The van der Waals surface area contributed by atoms with Gasteiger partial charge in [-0.05, 0) is 109 Å². The number of hydrogen-bond acceptors (Lipinski definition) is 3. The number of hydrogen-bond donors (Lipinski definition) is 3. The Morgan fingerprint density at radius 2 is 0.608 bits per heavy atom. The molecular formula is C70H119NO3. The van der Waals surface area contributed by atoms with E-state index in [1.54, 1.807) is 6.08 Å². The lowest BCUT2D eigenvalue weighted by Crippen LogP contribution is -2.45. The number of carbonyl (C=O) groups excluding carboxylic acids is 1. The standard InChI is InChI=1S/C70H119NO3/c1-3-5-7-9-11-13-15-17-19-21-23-25-27-28-29-30-31-32-33-34-35-36-37-38-39-40-41-42-44-46-48-50-52-54-56-58-60-62-64-66-70(74)71-68(67-72)69(73)65-63-61-59-57-55-53-51-49-47-45-43-26-24-22-20-18-16-14-12-10-8-6-4-2/h5,7,11,13,17,19,23,25,28-29,31-32,34-35,37-38,47,49,55,57,63,65,68-69,72-73H,3-4,6,8-10,12,14-16,18,20-22,24,26-27,30,33,36,39-46,48,50-54,56,58-62,64,66-67H2,1-2H3,(H,71,74)/b7-5-,13-11-,19-17-,25-23-,29-28-,32-31-,35-34-,38-37-,49-47+,57-55+,65-63+. The Morgan fingerprint density at radius 1 is 0.338 bits per heavy atom. The molecule has 4 nitrogen and oxygen atoms in total. The van der Waals surface area contributed by atoms with Gasteiger partial charge in [0.2, 0.25) is 5.91 Å². The summed E-state index contributed by atoms with van der Waals surface area (Å²) >= 11 is 0. The molecule has 0 rings (SSSR count). The monoisotopic (exact) mass is 1020 g/mol. The van der Waals surface area contributed by atoms with Crippen molar-refractivity contribution in [2.24, 2.45) is 0 Å². The first-order valence-corrected chi connectivity index (χ1v) is 31.4. The maximum Gasteiger partial charge on any atom is 0.220 e. The summed E-state index contributed by atoms with van der Waals surface area (Å²) in [6.45, 7) is 4.19. The van der Waals surface area contributed by atoms with Crippen LogP contribution in [0.4, 0.5) is 0 Å². The predicted molar refractivity (Wildman–Crippen MR) is 331 cm³/mol.